The second-order valence-electron chi connectivity index (χ2n) is 7.27. The molecule has 0 bridgehead atoms. The van der Waals surface area contributed by atoms with E-state index >= 15 is 0 Å². The molecule has 1 aliphatic rings. The Morgan fingerprint density at radius 1 is 1.03 bits per heavy atom. The molecule has 4 heterocycles. The number of benzene rings is 1. The van der Waals surface area contributed by atoms with Gasteiger partial charge in [-0.05, 0) is 24.3 Å². The molecule has 0 aliphatic carbocycles. The Labute approximate surface area is 187 Å². The van der Waals surface area contributed by atoms with E-state index in [9.17, 15) is 8.78 Å². The van der Waals surface area contributed by atoms with Crippen LogP contribution in [0.15, 0.2) is 48.9 Å². The van der Waals surface area contributed by atoms with Crippen LogP contribution in [0.25, 0.3) is 22.3 Å². The van der Waals surface area contributed by atoms with Crippen molar-refractivity contribution in [2.75, 3.05) is 36.4 Å². The van der Waals surface area contributed by atoms with Gasteiger partial charge in [-0.3, -0.25) is 4.98 Å². The second kappa shape index (κ2) is 8.60. The number of nitrogens with zero attached hydrogens (tertiary/aromatic N) is 5. The fraction of sp³-hybridized carbons (Fsp3) is 0.182. The predicted octanol–water partition coefficient (Wildman–Crippen LogP) is 4.17. The lowest BCUT2D eigenvalue weighted by Gasteiger charge is -2.29. The highest BCUT2D eigenvalue weighted by atomic mass is 35.5. The predicted molar refractivity (Wildman–Crippen MR) is 120 cm³/mol. The quantitative estimate of drug-likeness (QED) is 0.480. The highest BCUT2D eigenvalue weighted by Crippen LogP contribution is 2.33. The van der Waals surface area contributed by atoms with E-state index in [-0.39, 0.29) is 11.5 Å². The molecule has 1 aromatic carbocycles. The van der Waals surface area contributed by atoms with E-state index in [1.807, 2.05) is 0 Å². The molecule has 0 saturated carbocycles. The number of aromatic nitrogens is 4. The van der Waals surface area contributed by atoms with Crippen molar-refractivity contribution >= 4 is 39.8 Å². The summed E-state index contributed by atoms with van der Waals surface area (Å²) in [6, 6.07) is 7.05. The normalized spacial score (nSPS) is 14.0. The van der Waals surface area contributed by atoms with Gasteiger partial charge in [0.2, 0.25) is 0 Å². The van der Waals surface area contributed by atoms with Crippen molar-refractivity contribution in [2.24, 2.45) is 0 Å². The zero-order valence-corrected chi connectivity index (χ0v) is 17.6. The maximum atomic E-state index is 14.0. The first kappa shape index (κ1) is 20.5. The Hall–Kier alpha value is -3.43. The number of halogens is 3. The molecular weight excluding hydrogens is 436 g/mol. The summed E-state index contributed by atoms with van der Waals surface area (Å²) < 4.78 is 28.1. The van der Waals surface area contributed by atoms with Crippen molar-refractivity contribution in [1.29, 1.82) is 0 Å². The van der Waals surface area contributed by atoms with Crippen LogP contribution in [-0.2, 0) is 0 Å². The van der Waals surface area contributed by atoms with Crippen molar-refractivity contribution in [3.8, 4) is 11.4 Å². The van der Waals surface area contributed by atoms with Gasteiger partial charge in [-0.1, -0.05) is 17.7 Å². The van der Waals surface area contributed by atoms with Crippen molar-refractivity contribution in [3.63, 3.8) is 0 Å². The molecule has 0 spiro atoms. The standard InChI is InChI=1S/C22H18ClF2N7/c23-14-11-27-12-17-19(14)22(32-8-6-26-7-9-32)31-21(29-17)13-4-5-28-18(10-13)30-20-15(24)2-1-3-16(20)25/h1-5,10-12,26H,6-9H2,(H,28,30). The summed E-state index contributed by atoms with van der Waals surface area (Å²) in [5.41, 5.74) is 0.981. The van der Waals surface area contributed by atoms with E-state index in [0.29, 0.717) is 21.9 Å². The summed E-state index contributed by atoms with van der Waals surface area (Å²) in [7, 11) is 0. The highest BCUT2D eigenvalue weighted by Gasteiger charge is 2.20. The fourth-order valence-electron chi connectivity index (χ4n) is 3.64. The number of nitrogens with one attached hydrogen (secondary N) is 2. The molecule has 4 aromatic rings. The fourth-order valence-corrected chi connectivity index (χ4v) is 3.88. The van der Waals surface area contributed by atoms with E-state index in [0.717, 1.165) is 37.4 Å². The third kappa shape index (κ3) is 3.92. The molecule has 1 aliphatic heterocycles. The lowest BCUT2D eigenvalue weighted by atomic mass is 10.2. The van der Waals surface area contributed by atoms with Crippen LogP contribution in [0.3, 0.4) is 0 Å². The topological polar surface area (TPSA) is 78.9 Å². The zero-order chi connectivity index (χ0) is 22.1. The third-order valence-corrected chi connectivity index (χ3v) is 5.48. The molecule has 0 radical (unpaired) electrons. The van der Waals surface area contributed by atoms with Gasteiger partial charge in [-0.15, -0.1) is 0 Å². The van der Waals surface area contributed by atoms with Gasteiger partial charge in [0.05, 0.1) is 22.1 Å². The van der Waals surface area contributed by atoms with Crippen molar-refractivity contribution in [3.05, 3.63) is 65.6 Å². The maximum absolute atomic E-state index is 14.0. The van der Waals surface area contributed by atoms with Gasteiger partial charge in [0.25, 0.3) is 0 Å². The summed E-state index contributed by atoms with van der Waals surface area (Å²) in [5.74, 6) is 0.0183. The van der Waals surface area contributed by atoms with Crippen LogP contribution in [0.4, 0.5) is 26.1 Å². The first-order valence-corrected chi connectivity index (χ1v) is 10.4. The molecule has 0 atom stereocenters. The molecule has 0 amide bonds. The molecular formula is C22H18ClF2N7. The number of fused-ring (bicyclic) bond motifs is 1. The van der Waals surface area contributed by atoms with Crippen LogP contribution >= 0.6 is 11.6 Å². The van der Waals surface area contributed by atoms with Gasteiger partial charge in [0, 0.05) is 44.1 Å². The Balaban J connectivity index is 1.58. The number of anilines is 3. The van der Waals surface area contributed by atoms with Crippen LogP contribution < -0.4 is 15.5 Å². The Kier molecular flexibility index (Phi) is 5.50. The molecule has 162 valence electrons. The Morgan fingerprint density at radius 3 is 2.59 bits per heavy atom. The van der Waals surface area contributed by atoms with Crippen molar-refractivity contribution < 1.29 is 8.78 Å². The lowest BCUT2D eigenvalue weighted by Crippen LogP contribution is -2.44. The van der Waals surface area contributed by atoms with Crippen LogP contribution in [-0.4, -0.2) is 46.1 Å². The average Bonchev–Trinajstić information content (AvgIpc) is 2.82. The smallest absolute Gasteiger partial charge is 0.162 e. The van der Waals surface area contributed by atoms with E-state index in [2.05, 4.69) is 30.5 Å². The Morgan fingerprint density at radius 2 is 1.81 bits per heavy atom. The van der Waals surface area contributed by atoms with Gasteiger partial charge in [0.15, 0.2) is 5.82 Å². The molecule has 5 rings (SSSR count). The minimum atomic E-state index is -0.708. The Bertz CT molecular complexity index is 1270. The van der Waals surface area contributed by atoms with Gasteiger partial charge in [0.1, 0.15) is 29.0 Å². The molecule has 32 heavy (non-hydrogen) atoms. The second-order valence-corrected chi connectivity index (χ2v) is 7.68. The largest absolute Gasteiger partial charge is 0.353 e. The summed E-state index contributed by atoms with van der Waals surface area (Å²) in [6.07, 6.45) is 4.76. The lowest BCUT2D eigenvalue weighted by molar-refractivity contribution is 0.586. The van der Waals surface area contributed by atoms with E-state index in [4.69, 9.17) is 16.6 Å². The minimum absolute atomic E-state index is 0.267. The number of piperazine rings is 1. The third-order valence-electron chi connectivity index (χ3n) is 5.19. The molecule has 10 heteroatoms. The summed E-state index contributed by atoms with van der Waals surface area (Å²) in [5, 5.41) is 7.26. The van der Waals surface area contributed by atoms with Crippen molar-refractivity contribution in [1.82, 2.24) is 25.3 Å². The maximum Gasteiger partial charge on any atom is 0.162 e. The minimum Gasteiger partial charge on any atom is -0.353 e. The van der Waals surface area contributed by atoms with Gasteiger partial charge in [-0.2, -0.15) is 0 Å². The van der Waals surface area contributed by atoms with E-state index < -0.39 is 11.6 Å². The molecule has 0 unspecified atom stereocenters. The number of pyridine rings is 2. The van der Waals surface area contributed by atoms with Crippen LogP contribution in [0, 0.1) is 11.6 Å². The number of hydrogen-bond donors (Lipinski definition) is 2. The molecule has 7 nitrogen and oxygen atoms in total. The van der Waals surface area contributed by atoms with Gasteiger partial charge >= 0.3 is 0 Å². The SMILES string of the molecule is Fc1cccc(F)c1Nc1cc(-c2nc(N3CCNCC3)c3c(Cl)cncc3n2)ccn1. The number of rotatable bonds is 4. The van der Waals surface area contributed by atoms with E-state index in [1.165, 1.54) is 24.4 Å². The first-order valence-electron chi connectivity index (χ1n) is 10.0. The van der Waals surface area contributed by atoms with E-state index in [1.54, 1.807) is 24.5 Å². The molecule has 2 N–H and O–H groups in total. The highest BCUT2D eigenvalue weighted by molar-refractivity contribution is 6.36. The monoisotopic (exact) mass is 453 g/mol. The van der Waals surface area contributed by atoms with Crippen LogP contribution in [0.2, 0.25) is 5.02 Å². The van der Waals surface area contributed by atoms with Crippen LogP contribution in [0.5, 0.6) is 0 Å². The molecule has 1 saturated heterocycles. The number of hydrogen-bond acceptors (Lipinski definition) is 7. The molecule has 3 aromatic heterocycles. The zero-order valence-electron chi connectivity index (χ0n) is 16.8. The van der Waals surface area contributed by atoms with Gasteiger partial charge < -0.3 is 15.5 Å². The van der Waals surface area contributed by atoms with Crippen molar-refractivity contribution in [2.45, 2.75) is 0 Å². The van der Waals surface area contributed by atoms with Crippen LogP contribution in [0.1, 0.15) is 0 Å². The molecule has 1 fully saturated rings. The number of para-hydroxylation sites is 1. The summed E-state index contributed by atoms with van der Waals surface area (Å²) in [6.45, 7) is 3.22. The average molecular weight is 454 g/mol. The first-order chi connectivity index (χ1) is 15.6. The summed E-state index contributed by atoms with van der Waals surface area (Å²) in [4.78, 5) is 20.0. The van der Waals surface area contributed by atoms with Gasteiger partial charge in [-0.25, -0.2) is 23.7 Å². The summed E-state index contributed by atoms with van der Waals surface area (Å²) >= 11 is 6.45.